The molecular formula is C23H15F3NO3-. The highest BCUT2D eigenvalue weighted by Gasteiger charge is 2.30. The molecule has 152 valence electrons. The van der Waals surface area contributed by atoms with Gasteiger partial charge in [-0.25, -0.2) is 0 Å². The highest BCUT2D eigenvalue weighted by molar-refractivity contribution is 5.95. The molecule has 4 nitrogen and oxygen atoms in total. The Morgan fingerprint density at radius 3 is 2.20 bits per heavy atom. The topological polar surface area (TPSA) is 54.3 Å². The fraction of sp³-hybridized carbons (Fsp3) is 0.0870. The third kappa shape index (κ3) is 4.15. The fourth-order valence-corrected chi connectivity index (χ4v) is 3.40. The molecule has 4 rings (SSSR count). The second kappa shape index (κ2) is 7.59. The lowest BCUT2D eigenvalue weighted by Gasteiger charge is -2.12. The summed E-state index contributed by atoms with van der Waals surface area (Å²) < 4.78 is 42.5. The van der Waals surface area contributed by atoms with Gasteiger partial charge in [0.05, 0.1) is 11.7 Å². The molecule has 0 amide bonds. The molecule has 7 heteroatoms. The first kappa shape index (κ1) is 19.6. The van der Waals surface area contributed by atoms with Crippen LogP contribution in [0, 0.1) is 0 Å². The molecule has 3 aromatic carbocycles. The number of aromatic carboxylic acids is 1. The molecule has 0 saturated heterocycles. The molecule has 0 spiro atoms. The van der Waals surface area contributed by atoms with E-state index in [0.29, 0.717) is 17.5 Å². The van der Waals surface area contributed by atoms with Crippen LogP contribution in [0.5, 0.6) is 5.75 Å². The molecule has 0 fully saturated rings. The number of ether oxygens (including phenoxy) is 1. The van der Waals surface area contributed by atoms with E-state index in [2.05, 4.69) is 4.74 Å². The van der Waals surface area contributed by atoms with Gasteiger partial charge in [-0.05, 0) is 47.0 Å². The maximum atomic E-state index is 12.3. The third-order valence-corrected chi connectivity index (χ3v) is 4.72. The second-order valence-corrected chi connectivity index (χ2v) is 6.73. The lowest BCUT2D eigenvalue weighted by molar-refractivity contribution is -0.274. The quantitative estimate of drug-likeness (QED) is 0.483. The summed E-state index contributed by atoms with van der Waals surface area (Å²) >= 11 is 0. The number of hydrogen-bond donors (Lipinski definition) is 0. The Labute approximate surface area is 169 Å². The van der Waals surface area contributed by atoms with Crippen LogP contribution in [0.1, 0.15) is 16.1 Å². The van der Waals surface area contributed by atoms with Crippen LogP contribution in [-0.4, -0.2) is 16.9 Å². The van der Waals surface area contributed by atoms with Crippen LogP contribution >= 0.6 is 0 Å². The number of carbonyl (C=O) groups excluding carboxylic acids is 1. The number of fused-ring (bicyclic) bond motifs is 1. The Bertz CT molecular complexity index is 1200. The van der Waals surface area contributed by atoms with E-state index in [4.69, 9.17) is 0 Å². The van der Waals surface area contributed by atoms with Crippen molar-refractivity contribution in [3.63, 3.8) is 0 Å². The van der Waals surface area contributed by atoms with Crippen LogP contribution < -0.4 is 9.84 Å². The van der Waals surface area contributed by atoms with Gasteiger partial charge in [0.1, 0.15) is 5.75 Å². The minimum absolute atomic E-state index is 0.0555. The summed E-state index contributed by atoms with van der Waals surface area (Å²) in [7, 11) is 0. The molecule has 0 atom stereocenters. The Kier molecular flexibility index (Phi) is 4.95. The zero-order valence-corrected chi connectivity index (χ0v) is 15.5. The van der Waals surface area contributed by atoms with Crippen LogP contribution in [0.25, 0.3) is 22.0 Å². The summed E-state index contributed by atoms with van der Waals surface area (Å²) in [6, 6.07) is 21.9. The SMILES string of the molecule is O=C([O-])c1cc2cc(-c3ccc(OC(F)(F)F)cc3)ccc2n1Cc1ccccc1. The van der Waals surface area contributed by atoms with Gasteiger partial charge in [0, 0.05) is 17.4 Å². The lowest BCUT2D eigenvalue weighted by Crippen LogP contribution is -2.25. The molecule has 30 heavy (non-hydrogen) atoms. The van der Waals surface area contributed by atoms with Crippen molar-refractivity contribution in [3.05, 3.63) is 90.1 Å². The van der Waals surface area contributed by atoms with Crippen molar-refractivity contribution < 1.29 is 27.8 Å². The minimum Gasteiger partial charge on any atom is -0.543 e. The first-order valence-electron chi connectivity index (χ1n) is 9.05. The Morgan fingerprint density at radius 2 is 1.57 bits per heavy atom. The number of aromatic nitrogens is 1. The van der Waals surface area contributed by atoms with Crippen molar-refractivity contribution in [1.29, 1.82) is 0 Å². The van der Waals surface area contributed by atoms with E-state index in [9.17, 15) is 23.1 Å². The van der Waals surface area contributed by atoms with Crippen LogP contribution in [0.3, 0.4) is 0 Å². The maximum Gasteiger partial charge on any atom is 0.573 e. The van der Waals surface area contributed by atoms with Gasteiger partial charge < -0.3 is 19.2 Å². The van der Waals surface area contributed by atoms with Crippen molar-refractivity contribution in [2.24, 2.45) is 0 Å². The highest BCUT2D eigenvalue weighted by atomic mass is 19.4. The van der Waals surface area contributed by atoms with E-state index in [1.165, 1.54) is 30.3 Å². The summed E-state index contributed by atoms with van der Waals surface area (Å²) in [6.45, 7) is 0.372. The standard InChI is InChI=1S/C23H16F3NO3/c24-23(25,26)30-19-9-6-16(7-10-19)17-8-11-20-18(12-17)13-21(22(28)29)27(20)14-15-4-2-1-3-5-15/h1-13H,14H2,(H,28,29)/p-1. The molecule has 0 bridgehead atoms. The molecule has 0 radical (unpaired) electrons. The van der Waals surface area contributed by atoms with E-state index in [1.807, 2.05) is 30.3 Å². The van der Waals surface area contributed by atoms with Gasteiger partial charge in [-0.1, -0.05) is 48.5 Å². The van der Waals surface area contributed by atoms with E-state index in [1.54, 1.807) is 22.8 Å². The van der Waals surface area contributed by atoms with Crippen molar-refractivity contribution in [3.8, 4) is 16.9 Å². The molecule has 0 aliphatic carbocycles. The van der Waals surface area contributed by atoms with Gasteiger partial charge in [0.2, 0.25) is 0 Å². The van der Waals surface area contributed by atoms with Gasteiger partial charge in [-0.15, -0.1) is 13.2 Å². The summed E-state index contributed by atoms with van der Waals surface area (Å²) in [5.74, 6) is -1.59. The van der Waals surface area contributed by atoms with Crippen LogP contribution in [-0.2, 0) is 6.54 Å². The highest BCUT2D eigenvalue weighted by Crippen LogP contribution is 2.30. The number of hydrogen-bond acceptors (Lipinski definition) is 3. The molecule has 0 saturated carbocycles. The minimum atomic E-state index is -4.75. The molecule has 1 heterocycles. The van der Waals surface area contributed by atoms with Gasteiger partial charge >= 0.3 is 6.36 Å². The molecular weight excluding hydrogens is 395 g/mol. The van der Waals surface area contributed by atoms with Gasteiger partial charge in [-0.2, -0.15) is 0 Å². The van der Waals surface area contributed by atoms with E-state index in [-0.39, 0.29) is 11.4 Å². The predicted molar refractivity (Wildman–Crippen MR) is 104 cm³/mol. The lowest BCUT2D eigenvalue weighted by atomic mass is 10.0. The van der Waals surface area contributed by atoms with Gasteiger partial charge in [0.15, 0.2) is 0 Å². The van der Waals surface area contributed by atoms with E-state index < -0.39 is 12.3 Å². The number of nitrogens with zero attached hydrogens (tertiary/aromatic N) is 1. The summed E-state index contributed by atoms with van der Waals surface area (Å²) in [6.07, 6.45) is -4.75. The van der Waals surface area contributed by atoms with Gasteiger partial charge in [-0.3, -0.25) is 0 Å². The summed E-state index contributed by atoms with van der Waals surface area (Å²) in [4.78, 5) is 11.7. The largest absolute Gasteiger partial charge is 0.573 e. The second-order valence-electron chi connectivity index (χ2n) is 6.73. The number of carboxylic acid groups (broad SMARTS) is 1. The van der Waals surface area contributed by atoms with E-state index >= 15 is 0 Å². The smallest absolute Gasteiger partial charge is 0.543 e. The number of rotatable bonds is 5. The molecule has 0 aliphatic rings. The normalized spacial score (nSPS) is 11.6. The monoisotopic (exact) mass is 410 g/mol. The number of alkyl halides is 3. The van der Waals surface area contributed by atoms with Crippen molar-refractivity contribution >= 4 is 16.9 Å². The zero-order chi connectivity index (χ0) is 21.3. The van der Waals surface area contributed by atoms with Crippen molar-refractivity contribution in [2.75, 3.05) is 0 Å². The van der Waals surface area contributed by atoms with Crippen LogP contribution in [0.15, 0.2) is 78.9 Å². The Balaban J connectivity index is 1.70. The molecule has 0 unspecified atom stereocenters. The number of benzene rings is 3. The fourth-order valence-electron chi connectivity index (χ4n) is 3.40. The first-order chi connectivity index (χ1) is 14.3. The molecule has 1 aromatic heterocycles. The predicted octanol–water partition coefficient (Wildman–Crippen LogP) is 4.62. The average Bonchev–Trinajstić information content (AvgIpc) is 3.06. The maximum absolute atomic E-state index is 12.3. The molecule has 4 aromatic rings. The third-order valence-electron chi connectivity index (χ3n) is 4.72. The average molecular weight is 410 g/mol. The number of carbonyl (C=O) groups is 1. The molecule has 0 aliphatic heterocycles. The zero-order valence-electron chi connectivity index (χ0n) is 15.5. The Hall–Kier alpha value is -3.74. The van der Waals surface area contributed by atoms with Crippen LogP contribution in [0.2, 0.25) is 0 Å². The Morgan fingerprint density at radius 1 is 0.900 bits per heavy atom. The van der Waals surface area contributed by atoms with Gasteiger partial charge in [0.25, 0.3) is 0 Å². The number of halogens is 3. The molecule has 0 N–H and O–H groups in total. The van der Waals surface area contributed by atoms with Crippen molar-refractivity contribution in [1.82, 2.24) is 4.57 Å². The number of carboxylic acids is 1. The summed E-state index contributed by atoms with van der Waals surface area (Å²) in [5.41, 5.74) is 3.14. The van der Waals surface area contributed by atoms with E-state index in [0.717, 1.165) is 16.6 Å². The summed E-state index contributed by atoms with van der Waals surface area (Å²) in [5, 5.41) is 12.3. The van der Waals surface area contributed by atoms with Crippen molar-refractivity contribution in [2.45, 2.75) is 12.9 Å². The van der Waals surface area contributed by atoms with Crippen LogP contribution in [0.4, 0.5) is 13.2 Å². The first-order valence-corrected chi connectivity index (χ1v) is 9.05.